The molecule has 2 heteroatoms. The van der Waals surface area contributed by atoms with Crippen molar-refractivity contribution in [3.8, 4) is 5.75 Å². The van der Waals surface area contributed by atoms with Crippen LogP contribution in [0.25, 0.3) is 0 Å². The van der Waals surface area contributed by atoms with Gasteiger partial charge < -0.3 is 9.64 Å². The third kappa shape index (κ3) is 2.76. The Morgan fingerprint density at radius 3 is 2.50 bits per heavy atom. The fraction of sp³-hybridized carbons (Fsp3) is 0.400. The SMILES string of the molecule is c1ccc2c(c1)Cc1ccccc1C(CCN1CCCC1)O2. The Morgan fingerprint density at radius 2 is 1.64 bits per heavy atom. The lowest BCUT2D eigenvalue weighted by atomic mass is 9.96. The molecular formula is C20H23NO. The fourth-order valence-electron chi connectivity index (χ4n) is 3.72. The Bertz CT molecular complexity index is 646. The first-order valence-electron chi connectivity index (χ1n) is 8.45. The van der Waals surface area contributed by atoms with Gasteiger partial charge in [0.1, 0.15) is 11.9 Å². The number of hydrogen-bond acceptors (Lipinski definition) is 2. The summed E-state index contributed by atoms with van der Waals surface area (Å²) >= 11 is 0. The topological polar surface area (TPSA) is 12.5 Å². The van der Waals surface area contributed by atoms with Crippen LogP contribution in [0, 0.1) is 0 Å². The minimum atomic E-state index is 0.181. The Hall–Kier alpha value is -1.80. The van der Waals surface area contributed by atoms with Crippen LogP contribution in [0.15, 0.2) is 48.5 Å². The van der Waals surface area contributed by atoms with Crippen molar-refractivity contribution in [2.45, 2.75) is 31.8 Å². The van der Waals surface area contributed by atoms with Crippen LogP contribution in [0.2, 0.25) is 0 Å². The Labute approximate surface area is 132 Å². The van der Waals surface area contributed by atoms with Crippen LogP contribution in [-0.2, 0) is 6.42 Å². The van der Waals surface area contributed by atoms with Crippen LogP contribution in [0.1, 0.15) is 42.1 Å². The number of likely N-dealkylation sites (tertiary alicyclic amines) is 1. The number of ether oxygens (including phenoxy) is 1. The quantitative estimate of drug-likeness (QED) is 0.841. The van der Waals surface area contributed by atoms with Crippen LogP contribution in [-0.4, -0.2) is 24.5 Å². The molecule has 1 fully saturated rings. The highest BCUT2D eigenvalue weighted by atomic mass is 16.5. The normalized spacial score (nSPS) is 20.8. The molecule has 0 amide bonds. The van der Waals surface area contributed by atoms with Crippen LogP contribution in [0.4, 0.5) is 0 Å². The molecule has 0 bridgehead atoms. The monoisotopic (exact) mass is 293 g/mol. The van der Waals surface area contributed by atoms with E-state index in [1.165, 1.54) is 42.6 Å². The van der Waals surface area contributed by atoms with Gasteiger partial charge in [-0.2, -0.15) is 0 Å². The summed E-state index contributed by atoms with van der Waals surface area (Å²) in [6, 6.07) is 17.3. The second kappa shape index (κ2) is 6.13. The van der Waals surface area contributed by atoms with Crippen molar-refractivity contribution in [1.82, 2.24) is 4.90 Å². The number of nitrogens with zero attached hydrogens (tertiary/aromatic N) is 1. The first kappa shape index (κ1) is 13.8. The second-order valence-electron chi connectivity index (χ2n) is 6.43. The van der Waals surface area contributed by atoms with Crippen molar-refractivity contribution >= 4 is 0 Å². The molecule has 2 aliphatic heterocycles. The molecule has 114 valence electrons. The lowest BCUT2D eigenvalue weighted by molar-refractivity contribution is 0.173. The van der Waals surface area contributed by atoms with Gasteiger partial charge in [-0.25, -0.2) is 0 Å². The number of fused-ring (bicyclic) bond motifs is 2. The van der Waals surface area contributed by atoms with E-state index in [0.29, 0.717) is 0 Å². The van der Waals surface area contributed by atoms with Crippen molar-refractivity contribution in [3.05, 3.63) is 65.2 Å². The Morgan fingerprint density at radius 1 is 0.909 bits per heavy atom. The van der Waals surface area contributed by atoms with Gasteiger partial charge in [-0.05, 0) is 48.7 Å². The molecule has 1 atom stereocenters. The van der Waals surface area contributed by atoms with E-state index >= 15 is 0 Å². The summed E-state index contributed by atoms with van der Waals surface area (Å²) in [5.74, 6) is 1.06. The van der Waals surface area contributed by atoms with E-state index in [2.05, 4.69) is 53.4 Å². The third-order valence-corrected chi connectivity index (χ3v) is 4.93. The zero-order valence-corrected chi connectivity index (χ0v) is 13.0. The summed E-state index contributed by atoms with van der Waals surface area (Å²) in [6.07, 6.45) is 4.94. The van der Waals surface area contributed by atoms with Crippen molar-refractivity contribution < 1.29 is 4.74 Å². The highest BCUT2D eigenvalue weighted by Gasteiger charge is 2.23. The van der Waals surface area contributed by atoms with E-state index in [1.807, 2.05) is 0 Å². The molecule has 0 aliphatic carbocycles. The summed E-state index contributed by atoms with van der Waals surface area (Å²) in [5.41, 5.74) is 4.09. The van der Waals surface area contributed by atoms with Crippen LogP contribution in [0.5, 0.6) is 5.75 Å². The van der Waals surface area contributed by atoms with Gasteiger partial charge in [0.15, 0.2) is 0 Å². The van der Waals surface area contributed by atoms with E-state index in [0.717, 1.165) is 25.1 Å². The Kier molecular flexibility index (Phi) is 3.86. The molecule has 1 saturated heterocycles. The van der Waals surface area contributed by atoms with Gasteiger partial charge in [0.05, 0.1) is 0 Å². The molecular weight excluding hydrogens is 270 g/mol. The maximum atomic E-state index is 6.42. The van der Waals surface area contributed by atoms with Crippen LogP contribution >= 0.6 is 0 Å². The van der Waals surface area contributed by atoms with Gasteiger partial charge in [0, 0.05) is 19.4 Å². The molecule has 0 aromatic heterocycles. The van der Waals surface area contributed by atoms with E-state index < -0.39 is 0 Å². The number of rotatable bonds is 3. The first-order valence-corrected chi connectivity index (χ1v) is 8.45. The van der Waals surface area contributed by atoms with Crippen molar-refractivity contribution in [2.75, 3.05) is 19.6 Å². The molecule has 2 nitrogen and oxygen atoms in total. The van der Waals surface area contributed by atoms with Crippen LogP contribution in [0.3, 0.4) is 0 Å². The summed E-state index contributed by atoms with van der Waals surface area (Å²) in [5, 5.41) is 0. The fourth-order valence-corrected chi connectivity index (χ4v) is 3.72. The van der Waals surface area contributed by atoms with Crippen molar-refractivity contribution in [2.24, 2.45) is 0 Å². The first-order chi connectivity index (χ1) is 10.9. The number of para-hydroxylation sites is 1. The average Bonchev–Trinajstić information content (AvgIpc) is 3.01. The molecule has 2 heterocycles. The van der Waals surface area contributed by atoms with Crippen molar-refractivity contribution in [3.63, 3.8) is 0 Å². The summed E-state index contributed by atoms with van der Waals surface area (Å²) in [6.45, 7) is 3.65. The highest BCUT2D eigenvalue weighted by molar-refractivity contribution is 5.43. The maximum absolute atomic E-state index is 6.42. The summed E-state index contributed by atoms with van der Waals surface area (Å²) in [7, 11) is 0. The molecule has 0 N–H and O–H groups in total. The van der Waals surface area contributed by atoms with E-state index in [4.69, 9.17) is 4.74 Å². The van der Waals surface area contributed by atoms with Gasteiger partial charge in [-0.1, -0.05) is 42.5 Å². The van der Waals surface area contributed by atoms with Crippen molar-refractivity contribution in [1.29, 1.82) is 0 Å². The second-order valence-corrected chi connectivity index (χ2v) is 6.43. The van der Waals surface area contributed by atoms with Gasteiger partial charge in [0.25, 0.3) is 0 Å². The molecule has 0 radical (unpaired) electrons. The molecule has 2 aliphatic rings. The predicted octanol–water partition coefficient (Wildman–Crippen LogP) is 4.20. The van der Waals surface area contributed by atoms with E-state index in [1.54, 1.807) is 0 Å². The molecule has 2 aromatic rings. The largest absolute Gasteiger partial charge is 0.485 e. The lowest BCUT2D eigenvalue weighted by Gasteiger charge is -2.22. The highest BCUT2D eigenvalue weighted by Crippen LogP contribution is 2.35. The predicted molar refractivity (Wildman–Crippen MR) is 89.4 cm³/mol. The molecule has 4 rings (SSSR count). The molecule has 22 heavy (non-hydrogen) atoms. The zero-order valence-electron chi connectivity index (χ0n) is 13.0. The minimum Gasteiger partial charge on any atom is -0.485 e. The standard InChI is InChI=1S/C20H23NO/c1-3-9-18-16(7-1)15-17-8-2-4-10-19(17)22-20(18)11-14-21-12-5-6-13-21/h1-4,7-10,20H,5-6,11-15H2. The summed E-state index contributed by atoms with van der Waals surface area (Å²) < 4.78 is 6.42. The van der Waals surface area contributed by atoms with Gasteiger partial charge in [-0.15, -0.1) is 0 Å². The Balaban J connectivity index is 1.61. The molecule has 0 spiro atoms. The lowest BCUT2D eigenvalue weighted by Crippen LogP contribution is -2.23. The smallest absolute Gasteiger partial charge is 0.125 e. The maximum Gasteiger partial charge on any atom is 0.125 e. The molecule has 1 unspecified atom stereocenters. The molecule has 0 saturated carbocycles. The van der Waals surface area contributed by atoms with E-state index in [-0.39, 0.29) is 6.10 Å². The molecule has 2 aromatic carbocycles. The average molecular weight is 293 g/mol. The summed E-state index contributed by atoms with van der Waals surface area (Å²) in [4.78, 5) is 2.57. The van der Waals surface area contributed by atoms with E-state index in [9.17, 15) is 0 Å². The van der Waals surface area contributed by atoms with Gasteiger partial charge in [-0.3, -0.25) is 0 Å². The van der Waals surface area contributed by atoms with Gasteiger partial charge in [0.2, 0.25) is 0 Å². The number of benzene rings is 2. The third-order valence-electron chi connectivity index (χ3n) is 4.93. The van der Waals surface area contributed by atoms with Gasteiger partial charge >= 0.3 is 0 Å². The zero-order chi connectivity index (χ0) is 14.8. The number of hydrogen-bond donors (Lipinski definition) is 0. The minimum absolute atomic E-state index is 0.181. The van der Waals surface area contributed by atoms with Crippen LogP contribution < -0.4 is 4.74 Å².